The third-order valence-corrected chi connectivity index (χ3v) is 9.02. The van der Waals surface area contributed by atoms with Gasteiger partial charge in [-0.1, -0.05) is 83.3 Å². The smallest absolute Gasteiger partial charge is 0.264 e. The molecule has 0 saturated carbocycles. The Balaban J connectivity index is 2.08. The highest BCUT2D eigenvalue weighted by atomic mass is 79.9. The van der Waals surface area contributed by atoms with Crippen LogP contribution in [0.1, 0.15) is 32.3 Å². The van der Waals surface area contributed by atoms with Crippen molar-refractivity contribution in [3.05, 3.63) is 92.9 Å². The van der Waals surface area contributed by atoms with E-state index in [1.54, 1.807) is 67.6 Å². The van der Waals surface area contributed by atoms with Crippen molar-refractivity contribution in [3.63, 3.8) is 0 Å². The summed E-state index contributed by atoms with van der Waals surface area (Å²) < 4.78 is 29.3. The molecule has 39 heavy (non-hydrogen) atoms. The second kappa shape index (κ2) is 14.2. The van der Waals surface area contributed by atoms with Gasteiger partial charge in [-0.25, -0.2) is 8.42 Å². The minimum Gasteiger partial charge on any atom is -0.354 e. The van der Waals surface area contributed by atoms with Crippen LogP contribution < -0.4 is 9.62 Å². The van der Waals surface area contributed by atoms with E-state index in [4.69, 9.17) is 23.2 Å². The quantitative estimate of drug-likeness (QED) is 0.249. The zero-order chi connectivity index (χ0) is 28.6. The van der Waals surface area contributed by atoms with Crippen molar-refractivity contribution in [1.29, 1.82) is 0 Å². The molecular weight excluding hydrogens is 625 g/mol. The van der Waals surface area contributed by atoms with Crippen LogP contribution in [0.2, 0.25) is 10.0 Å². The molecule has 0 unspecified atom stereocenters. The molecule has 0 spiro atoms. The number of hydrogen-bond donors (Lipinski definition) is 1. The van der Waals surface area contributed by atoms with Gasteiger partial charge in [0.05, 0.1) is 10.6 Å². The summed E-state index contributed by atoms with van der Waals surface area (Å²) in [5.41, 5.74) is 0.761. The van der Waals surface area contributed by atoms with E-state index in [9.17, 15) is 18.0 Å². The summed E-state index contributed by atoms with van der Waals surface area (Å²) in [5, 5.41) is 3.52. The fraction of sp³-hybridized carbons (Fsp3) is 0.286. The Morgan fingerprint density at radius 3 is 2.18 bits per heavy atom. The van der Waals surface area contributed by atoms with Gasteiger partial charge in [0.25, 0.3) is 10.0 Å². The van der Waals surface area contributed by atoms with Crippen molar-refractivity contribution in [1.82, 2.24) is 10.2 Å². The van der Waals surface area contributed by atoms with Crippen LogP contribution in [0.5, 0.6) is 0 Å². The monoisotopic (exact) mass is 653 g/mol. The molecule has 0 aliphatic rings. The molecule has 3 aromatic carbocycles. The second-order valence-corrected chi connectivity index (χ2v) is 12.3. The lowest BCUT2D eigenvalue weighted by atomic mass is 10.1. The number of anilines is 1. The van der Waals surface area contributed by atoms with Crippen molar-refractivity contribution in [2.45, 2.75) is 44.2 Å². The lowest BCUT2D eigenvalue weighted by Crippen LogP contribution is -2.52. The summed E-state index contributed by atoms with van der Waals surface area (Å²) in [5.74, 6) is -0.917. The number of benzene rings is 3. The summed E-state index contributed by atoms with van der Waals surface area (Å²) in [6.45, 7) is 3.53. The Labute approximate surface area is 248 Å². The number of carbonyl (C=O) groups excluding carboxylic acids is 2. The summed E-state index contributed by atoms with van der Waals surface area (Å²) in [4.78, 5) is 28.6. The second-order valence-electron chi connectivity index (χ2n) is 8.74. The van der Waals surface area contributed by atoms with Crippen LogP contribution in [-0.4, -0.2) is 44.3 Å². The Hall–Kier alpha value is -2.59. The van der Waals surface area contributed by atoms with Crippen LogP contribution in [0.3, 0.4) is 0 Å². The van der Waals surface area contributed by atoms with Crippen molar-refractivity contribution < 1.29 is 18.0 Å². The van der Waals surface area contributed by atoms with Crippen LogP contribution in [0.25, 0.3) is 0 Å². The first-order valence-corrected chi connectivity index (χ1v) is 15.4. The molecule has 0 aromatic heterocycles. The van der Waals surface area contributed by atoms with Crippen LogP contribution in [0.4, 0.5) is 5.69 Å². The number of hydrogen-bond acceptors (Lipinski definition) is 4. The highest BCUT2D eigenvalue weighted by molar-refractivity contribution is 9.10. The van der Waals surface area contributed by atoms with E-state index in [1.807, 2.05) is 6.92 Å². The number of nitrogens with zero attached hydrogens (tertiary/aromatic N) is 2. The van der Waals surface area contributed by atoms with Gasteiger partial charge in [-0.3, -0.25) is 13.9 Å². The average Bonchev–Trinajstić information content (AvgIpc) is 2.92. The summed E-state index contributed by atoms with van der Waals surface area (Å²) in [7, 11) is -4.14. The van der Waals surface area contributed by atoms with Crippen LogP contribution in [-0.2, 0) is 26.2 Å². The first-order chi connectivity index (χ1) is 18.6. The molecule has 0 fully saturated rings. The SMILES string of the molecule is CCCNC(=O)[C@@H](CC)N(Cc1c(Cl)cccc1Cl)C(=O)CN(c1cccc(Br)c1)S(=O)(=O)c1ccccc1. The molecule has 0 saturated heterocycles. The van der Waals surface area contributed by atoms with Crippen molar-refractivity contribution in [2.75, 3.05) is 17.4 Å². The molecule has 11 heteroatoms. The molecule has 3 aromatic rings. The molecule has 0 aliphatic carbocycles. The highest BCUT2D eigenvalue weighted by Gasteiger charge is 2.34. The molecule has 0 aliphatic heterocycles. The van der Waals surface area contributed by atoms with E-state index in [-0.39, 0.29) is 17.3 Å². The average molecular weight is 655 g/mol. The molecule has 1 N–H and O–H groups in total. The maximum Gasteiger partial charge on any atom is 0.264 e. The first-order valence-electron chi connectivity index (χ1n) is 12.4. The Kier molecular flexibility index (Phi) is 11.2. The molecule has 3 rings (SSSR count). The highest BCUT2D eigenvalue weighted by Crippen LogP contribution is 2.29. The maximum absolute atomic E-state index is 14.0. The minimum atomic E-state index is -4.14. The van der Waals surface area contributed by atoms with Gasteiger partial charge >= 0.3 is 0 Å². The van der Waals surface area contributed by atoms with E-state index < -0.39 is 28.5 Å². The third kappa shape index (κ3) is 7.75. The zero-order valence-corrected chi connectivity index (χ0v) is 25.5. The molecule has 2 amide bonds. The number of halogens is 3. The molecule has 7 nitrogen and oxygen atoms in total. The Bertz CT molecular complexity index is 1390. The van der Waals surface area contributed by atoms with E-state index in [1.165, 1.54) is 17.0 Å². The van der Waals surface area contributed by atoms with Gasteiger partial charge in [-0.2, -0.15) is 0 Å². The zero-order valence-electron chi connectivity index (χ0n) is 21.6. The number of amides is 2. The standard InChI is InChI=1S/C28H30BrCl2N3O4S/c1-3-16-32-28(36)26(4-2)33(18-23-24(30)14-9-15-25(23)31)27(35)19-34(21-11-8-10-20(29)17-21)39(37,38)22-12-6-5-7-13-22/h5-15,17,26H,3-4,16,18-19H2,1-2H3,(H,32,36)/t26-/m1/s1. The van der Waals surface area contributed by atoms with Crippen LogP contribution in [0, 0.1) is 0 Å². The van der Waals surface area contributed by atoms with Crippen LogP contribution >= 0.6 is 39.1 Å². The van der Waals surface area contributed by atoms with E-state index in [2.05, 4.69) is 21.2 Å². The fourth-order valence-corrected chi connectivity index (χ4v) is 6.35. The maximum atomic E-state index is 14.0. The number of nitrogens with one attached hydrogen (secondary N) is 1. The van der Waals surface area contributed by atoms with Gasteiger partial charge in [-0.05, 0) is 55.3 Å². The number of rotatable bonds is 12. The van der Waals surface area contributed by atoms with Gasteiger partial charge in [0.15, 0.2) is 0 Å². The normalized spacial score (nSPS) is 12.0. The lowest BCUT2D eigenvalue weighted by Gasteiger charge is -2.33. The summed E-state index contributed by atoms with van der Waals surface area (Å²) >= 11 is 16.2. The molecule has 208 valence electrons. The number of carbonyl (C=O) groups is 2. The largest absolute Gasteiger partial charge is 0.354 e. The van der Waals surface area contributed by atoms with E-state index in [0.717, 1.165) is 10.7 Å². The van der Waals surface area contributed by atoms with Crippen molar-refractivity contribution >= 4 is 66.7 Å². The molecule has 0 radical (unpaired) electrons. The van der Waals surface area contributed by atoms with Gasteiger partial charge < -0.3 is 10.2 Å². The summed E-state index contributed by atoms with van der Waals surface area (Å²) in [6.07, 6.45) is 1.02. The molecule has 0 bridgehead atoms. The predicted molar refractivity (Wildman–Crippen MR) is 160 cm³/mol. The predicted octanol–water partition coefficient (Wildman–Crippen LogP) is 6.28. The first kappa shape index (κ1) is 30.9. The third-order valence-electron chi connectivity index (χ3n) is 6.03. The van der Waals surface area contributed by atoms with E-state index >= 15 is 0 Å². The Morgan fingerprint density at radius 2 is 1.59 bits per heavy atom. The lowest BCUT2D eigenvalue weighted by molar-refractivity contribution is -0.140. The topological polar surface area (TPSA) is 86.8 Å². The van der Waals surface area contributed by atoms with Crippen molar-refractivity contribution in [2.24, 2.45) is 0 Å². The van der Waals surface area contributed by atoms with Crippen LogP contribution in [0.15, 0.2) is 82.2 Å². The van der Waals surface area contributed by atoms with Gasteiger partial charge in [0, 0.05) is 33.2 Å². The van der Waals surface area contributed by atoms with Gasteiger partial charge in [-0.15, -0.1) is 0 Å². The fourth-order valence-electron chi connectivity index (χ4n) is 4.02. The minimum absolute atomic E-state index is 0.0335. The number of sulfonamides is 1. The summed E-state index contributed by atoms with van der Waals surface area (Å²) in [6, 6.07) is 18.7. The van der Waals surface area contributed by atoms with Gasteiger partial charge in [0.1, 0.15) is 12.6 Å². The van der Waals surface area contributed by atoms with E-state index in [0.29, 0.717) is 38.7 Å². The molecule has 0 heterocycles. The molecular formula is C28H30BrCl2N3O4S. The molecule has 1 atom stereocenters. The van der Waals surface area contributed by atoms with Crippen molar-refractivity contribution in [3.8, 4) is 0 Å². The Morgan fingerprint density at radius 1 is 0.949 bits per heavy atom. The van der Waals surface area contributed by atoms with Gasteiger partial charge in [0.2, 0.25) is 11.8 Å².